The standard InChI is InChI=1S/C16H21AsCl2N2O2S2/c18-15(19)16(23)20-9-2-1-4-14(22)21-13-7-5-12(6-8-13)17-24-10-3-11-25-17/h5-8,15H,1-4,9-11H2,(H,20,23)(H,21,22). The molecule has 0 bridgehead atoms. The molecule has 2 rings (SSSR count). The molecule has 4 nitrogen and oxygen atoms in total. The zero-order chi connectivity index (χ0) is 18.1. The number of hydrogen-bond acceptors (Lipinski definition) is 4. The minimum atomic E-state index is -1.04. The number of unbranched alkanes of at least 4 members (excludes halogenated alkanes) is 1. The average molecular weight is 483 g/mol. The summed E-state index contributed by atoms with van der Waals surface area (Å²) in [6.07, 6.45) is 3.14. The quantitative estimate of drug-likeness (QED) is 0.339. The maximum atomic E-state index is 12.0. The molecule has 2 amide bonds. The Kier molecular flexibility index (Phi) is 9.93. The Balaban J connectivity index is 1.65. The van der Waals surface area contributed by atoms with E-state index in [2.05, 4.69) is 42.8 Å². The van der Waals surface area contributed by atoms with Crippen LogP contribution in [0.3, 0.4) is 0 Å². The molecule has 1 saturated heterocycles. The second-order valence-electron chi connectivity index (χ2n) is 5.42. The van der Waals surface area contributed by atoms with Crippen LogP contribution in [0.5, 0.6) is 0 Å². The van der Waals surface area contributed by atoms with E-state index < -0.39 is 23.1 Å². The van der Waals surface area contributed by atoms with Gasteiger partial charge in [0, 0.05) is 0 Å². The average Bonchev–Trinajstić information content (AvgIpc) is 2.62. The summed E-state index contributed by atoms with van der Waals surface area (Å²) in [7, 11) is 4.26. The van der Waals surface area contributed by atoms with Crippen molar-refractivity contribution < 1.29 is 9.59 Å². The van der Waals surface area contributed by atoms with Gasteiger partial charge in [-0.2, -0.15) is 0 Å². The van der Waals surface area contributed by atoms with Gasteiger partial charge in [-0.15, -0.1) is 0 Å². The van der Waals surface area contributed by atoms with Gasteiger partial charge in [-0.25, -0.2) is 0 Å². The van der Waals surface area contributed by atoms with E-state index in [1.54, 1.807) is 0 Å². The zero-order valence-electron chi connectivity index (χ0n) is 13.7. The first-order chi connectivity index (χ1) is 12.1. The second-order valence-corrected chi connectivity index (χ2v) is 18.3. The molecule has 0 saturated carbocycles. The van der Waals surface area contributed by atoms with Crippen LogP contribution in [0.1, 0.15) is 25.7 Å². The Labute approximate surface area is 169 Å². The first-order valence-corrected chi connectivity index (χ1v) is 16.4. The van der Waals surface area contributed by atoms with Gasteiger partial charge >= 0.3 is 138 Å². The molecule has 0 unspecified atom stereocenters. The van der Waals surface area contributed by atoms with E-state index in [1.165, 1.54) is 22.3 Å². The van der Waals surface area contributed by atoms with Crippen molar-refractivity contribution in [3.8, 4) is 0 Å². The predicted molar refractivity (Wildman–Crippen MR) is 112 cm³/mol. The predicted octanol–water partition coefficient (Wildman–Crippen LogP) is 3.28. The summed E-state index contributed by atoms with van der Waals surface area (Å²) in [5.74, 6) is 2.15. The van der Waals surface area contributed by atoms with Gasteiger partial charge in [0.1, 0.15) is 0 Å². The second kappa shape index (κ2) is 11.7. The third-order valence-electron chi connectivity index (χ3n) is 3.40. The fourth-order valence-electron chi connectivity index (χ4n) is 2.13. The molecule has 0 spiro atoms. The van der Waals surface area contributed by atoms with Gasteiger partial charge in [-0.3, -0.25) is 4.79 Å². The van der Waals surface area contributed by atoms with Crippen LogP contribution in [0.15, 0.2) is 24.3 Å². The summed E-state index contributed by atoms with van der Waals surface area (Å²) in [4.78, 5) is 22.1. The van der Waals surface area contributed by atoms with Gasteiger partial charge in [0.15, 0.2) is 4.84 Å². The van der Waals surface area contributed by atoms with E-state index in [0.29, 0.717) is 25.8 Å². The first-order valence-electron chi connectivity index (χ1n) is 8.08. The van der Waals surface area contributed by atoms with Gasteiger partial charge in [0.05, 0.1) is 0 Å². The van der Waals surface area contributed by atoms with Crippen molar-refractivity contribution in [2.75, 3.05) is 23.4 Å². The van der Waals surface area contributed by atoms with Crippen LogP contribution in [0.2, 0.25) is 0 Å². The van der Waals surface area contributed by atoms with Crippen LogP contribution >= 0.6 is 43.3 Å². The molecular formula is C16H21AsCl2N2O2S2. The van der Waals surface area contributed by atoms with Gasteiger partial charge in [-0.1, -0.05) is 23.2 Å². The number of hydrogen-bond donors (Lipinski definition) is 2. The Morgan fingerprint density at radius 2 is 1.80 bits per heavy atom. The van der Waals surface area contributed by atoms with Crippen LogP contribution in [-0.4, -0.2) is 47.0 Å². The van der Waals surface area contributed by atoms with E-state index >= 15 is 0 Å². The van der Waals surface area contributed by atoms with Crippen molar-refractivity contribution in [1.29, 1.82) is 0 Å². The van der Waals surface area contributed by atoms with Crippen LogP contribution in [0.4, 0.5) is 5.69 Å². The fraction of sp³-hybridized carbons (Fsp3) is 0.500. The molecule has 2 N–H and O–H groups in total. The topological polar surface area (TPSA) is 58.2 Å². The van der Waals surface area contributed by atoms with E-state index in [4.69, 9.17) is 23.2 Å². The summed E-state index contributed by atoms with van der Waals surface area (Å²) in [6, 6.07) is 8.31. The first kappa shape index (κ1) is 21.3. The normalized spacial score (nSPS) is 15.2. The molecule has 1 aliphatic heterocycles. The number of amides is 2. The molecule has 0 aliphatic carbocycles. The van der Waals surface area contributed by atoms with Gasteiger partial charge in [0.2, 0.25) is 0 Å². The van der Waals surface area contributed by atoms with Crippen molar-refractivity contribution in [3.05, 3.63) is 24.3 Å². The number of rotatable bonds is 8. The molecule has 1 aromatic carbocycles. The number of alkyl halides is 2. The van der Waals surface area contributed by atoms with Crippen LogP contribution < -0.4 is 15.0 Å². The molecule has 9 heteroatoms. The van der Waals surface area contributed by atoms with Crippen LogP contribution in [0, 0.1) is 0 Å². The van der Waals surface area contributed by atoms with Crippen molar-refractivity contribution >= 4 is 77.4 Å². The summed E-state index contributed by atoms with van der Waals surface area (Å²) < 4.78 is 1.45. The number of halogens is 2. The van der Waals surface area contributed by atoms with E-state index in [1.807, 2.05) is 12.1 Å². The maximum absolute atomic E-state index is 12.0. The molecule has 1 fully saturated rings. The monoisotopic (exact) mass is 482 g/mol. The summed E-state index contributed by atoms with van der Waals surface area (Å²) in [5, 5.41) is 5.53. The summed E-state index contributed by atoms with van der Waals surface area (Å²) in [5.41, 5.74) is 0.843. The van der Waals surface area contributed by atoms with Gasteiger partial charge in [0.25, 0.3) is 0 Å². The molecular weight excluding hydrogens is 462 g/mol. The van der Waals surface area contributed by atoms with Crippen molar-refractivity contribution in [2.24, 2.45) is 0 Å². The minimum absolute atomic E-state index is 0.00841. The molecule has 25 heavy (non-hydrogen) atoms. The van der Waals surface area contributed by atoms with Crippen molar-refractivity contribution in [3.63, 3.8) is 0 Å². The summed E-state index contributed by atoms with van der Waals surface area (Å²) >= 11 is 9.88. The Hall–Kier alpha value is -0.00156. The zero-order valence-corrected chi connectivity index (χ0v) is 18.7. The summed E-state index contributed by atoms with van der Waals surface area (Å²) in [6.45, 7) is 0.471. The number of carbonyl (C=O) groups excluding carboxylic acids is 2. The number of nitrogens with one attached hydrogen (secondary N) is 2. The molecule has 1 heterocycles. The van der Waals surface area contributed by atoms with Crippen LogP contribution in [0.25, 0.3) is 0 Å². The van der Waals surface area contributed by atoms with E-state index in [-0.39, 0.29) is 5.91 Å². The molecule has 0 radical (unpaired) electrons. The van der Waals surface area contributed by atoms with E-state index in [9.17, 15) is 9.59 Å². The molecule has 1 aliphatic rings. The molecule has 0 aromatic heterocycles. The molecule has 138 valence electrons. The Morgan fingerprint density at radius 1 is 1.12 bits per heavy atom. The van der Waals surface area contributed by atoms with Gasteiger partial charge < -0.3 is 0 Å². The SMILES string of the molecule is O=C(CCCCNC(=O)C(Cl)Cl)Nc1ccc([As]2SCCCS2)cc1. The van der Waals surface area contributed by atoms with Gasteiger partial charge in [-0.05, 0) is 0 Å². The Bertz CT molecular complexity index is 570. The molecule has 0 atom stereocenters. The number of anilines is 1. The van der Waals surface area contributed by atoms with Crippen LogP contribution in [-0.2, 0) is 9.59 Å². The molecule has 1 aromatic rings. The number of carbonyl (C=O) groups is 2. The van der Waals surface area contributed by atoms with Crippen molar-refractivity contribution in [2.45, 2.75) is 30.5 Å². The van der Waals surface area contributed by atoms with E-state index in [0.717, 1.165) is 5.69 Å². The number of benzene rings is 1. The third-order valence-corrected chi connectivity index (χ3v) is 17.4. The third kappa shape index (κ3) is 8.04. The Morgan fingerprint density at radius 3 is 2.44 bits per heavy atom. The fourth-order valence-corrected chi connectivity index (χ4v) is 15.4. The van der Waals surface area contributed by atoms with Crippen molar-refractivity contribution in [1.82, 2.24) is 5.32 Å².